The van der Waals surface area contributed by atoms with Gasteiger partial charge >= 0.3 is 0 Å². The first-order valence-corrected chi connectivity index (χ1v) is 17.6. The SMILES string of the molecule is CC(=O)Nc1ccc(CCCOC(C)(C)CO)cc1.CC(C)CCN.Cc1sc2c(c1C)C(c1ccc(Cl)cc1)=NCc1nnc(C)n1-2. The number of anilines is 1. The van der Waals surface area contributed by atoms with Crippen molar-refractivity contribution in [3.05, 3.63) is 92.3 Å². The zero-order chi connectivity index (χ0) is 35.4. The Kier molecular flexibility index (Phi) is 14.9. The van der Waals surface area contributed by atoms with E-state index in [1.165, 1.54) is 28.5 Å². The van der Waals surface area contributed by atoms with Gasteiger partial charge < -0.3 is 20.9 Å². The van der Waals surface area contributed by atoms with Crippen molar-refractivity contribution in [2.45, 2.75) is 86.8 Å². The van der Waals surface area contributed by atoms with Gasteiger partial charge in [-0.05, 0) is 102 Å². The quantitative estimate of drug-likeness (QED) is 0.147. The highest BCUT2D eigenvalue weighted by Crippen LogP contribution is 2.36. The number of hydrogen-bond donors (Lipinski definition) is 3. The van der Waals surface area contributed by atoms with Crippen molar-refractivity contribution in [2.75, 3.05) is 25.1 Å². The van der Waals surface area contributed by atoms with Crippen LogP contribution in [0.15, 0.2) is 53.5 Å². The third-order valence-corrected chi connectivity index (χ3v) is 9.14. The van der Waals surface area contributed by atoms with E-state index < -0.39 is 5.60 Å². The molecule has 1 amide bonds. The van der Waals surface area contributed by atoms with Crippen molar-refractivity contribution >= 4 is 40.2 Å². The largest absolute Gasteiger partial charge is 0.393 e. The van der Waals surface area contributed by atoms with Gasteiger partial charge in [-0.25, -0.2) is 0 Å². The van der Waals surface area contributed by atoms with E-state index in [0.717, 1.165) is 70.4 Å². The van der Waals surface area contributed by atoms with Gasteiger partial charge in [-0.2, -0.15) is 0 Å². The van der Waals surface area contributed by atoms with Gasteiger partial charge in [0.2, 0.25) is 5.91 Å². The number of amides is 1. The van der Waals surface area contributed by atoms with Gasteiger partial charge in [0.1, 0.15) is 17.4 Å². The number of halogens is 1. The molecule has 0 radical (unpaired) electrons. The van der Waals surface area contributed by atoms with Crippen LogP contribution in [0.3, 0.4) is 0 Å². The van der Waals surface area contributed by atoms with E-state index in [4.69, 9.17) is 32.2 Å². The predicted molar refractivity (Wildman–Crippen MR) is 199 cm³/mol. The van der Waals surface area contributed by atoms with Crippen LogP contribution in [0, 0.1) is 26.7 Å². The molecule has 4 aromatic rings. The van der Waals surface area contributed by atoms with Crippen LogP contribution in [-0.2, 0) is 22.5 Å². The lowest BCUT2D eigenvalue weighted by Gasteiger charge is -2.22. The molecule has 0 aliphatic carbocycles. The van der Waals surface area contributed by atoms with Gasteiger partial charge in [0.15, 0.2) is 5.82 Å². The van der Waals surface area contributed by atoms with Crippen molar-refractivity contribution in [2.24, 2.45) is 16.6 Å². The average Bonchev–Trinajstić information content (AvgIpc) is 3.49. The fourth-order valence-corrected chi connectivity index (χ4v) is 6.20. The third kappa shape index (κ3) is 11.3. The number of aromatic nitrogens is 3. The number of ether oxygens (including phenoxy) is 1. The van der Waals surface area contributed by atoms with E-state index in [1.807, 2.05) is 69.3 Å². The molecule has 9 nitrogen and oxygen atoms in total. The van der Waals surface area contributed by atoms with Crippen LogP contribution in [-0.4, -0.2) is 56.8 Å². The number of aliphatic hydroxyl groups is 1. The number of aryl methyl sites for hydroxylation is 3. The summed E-state index contributed by atoms with van der Waals surface area (Å²) in [6, 6.07) is 15.7. The molecule has 5 rings (SSSR count). The van der Waals surface area contributed by atoms with Crippen LogP contribution < -0.4 is 11.1 Å². The minimum Gasteiger partial charge on any atom is -0.393 e. The summed E-state index contributed by atoms with van der Waals surface area (Å²) >= 11 is 7.80. The van der Waals surface area contributed by atoms with E-state index in [1.54, 1.807) is 11.3 Å². The summed E-state index contributed by atoms with van der Waals surface area (Å²) in [5, 5.41) is 22.2. The maximum absolute atomic E-state index is 10.9. The molecule has 0 fully saturated rings. The zero-order valence-corrected chi connectivity index (χ0v) is 31.1. The topological polar surface area (TPSA) is 128 Å². The fraction of sp³-hybridized carbons (Fsp3) is 0.459. The number of aliphatic hydroxyl groups excluding tert-OH is 1. The second-order valence-corrected chi connectivity index (χ2v) is 14.5. The molecule has 2 aromatic carbocycles. The average molecular weight is 695 g/mol. The Labute approximate surface area is 294 Å². The molecule has 1 aliphatic heterocycles. The molecule has 11 heteroatoms. The molecule has 4 N–H and O–H groups in total. The number of aliphatic imine (C=N–C) groups is 1. The normalized spacial score (nSPS) is 12.1. The van der Waals surface area contributed by atoms with Gasteiger partial charge in [0, 0.05) is 40.2 Å². The fourth-order valence-electron chi connectivity index (χ4n) is 4.85. The maximum atomic E-state index is 10.9. The Bertz CT molecular complexity index is 1640. The second kappa shape index (κ2) is 18.4. The molecule has 3 heterocycles. The number of carbonyl (C=O) groups excluding carboxylic acids is 1. The number of hydrogen-bond acceptors (Lipinski definition) is 8. The van der Waals surface area contributed by atoms with Crippen LogP contribution in [0.5, 0.6) is 0 Å². The summed E-state index contributed by atoms with van der Waals surface area (Å²) in [7, 11) is 0. The predicted octanol–water partition coefficient (Wildman–Crippen LogP) is 7.61. The van der Waals surface area contributed by atoms with Crippen molar-refractivity contribution in [3.63, 3.8) is 0 Å². The number of rotatable bonds is 10. The van der Waals surface area contributed by atoms with Gasteiger partial charge in [-0.3, -0.25) is 14.4 Å². The molecular formula is C37H51ClN6O3S. The van der Waals surface area contributed by atoms with E-state index >= 15 is 0 Å². The Morgan fingerprint density at radius 3 is 2.33 bits per heavy atom. The molecular weight excluding hydrogens is 644 g/mol. The Morgan fingerprint density at radius 1 is 1.10 bits per heavy atom. The van der Waals surface area contributed by atoms with Crippen LogP contribution >= 0.6 is 22.9 Å². The van der Waals surface area contributed by atoms with Crippen molar-refractivity contribution in [1.29, 1.82) is 0 Å². The monoisotopic (exact) mass is 694 g/mol. The van der Waals surface area contributed by atoms with Crippen molar-refractivity contribution in [1.82, 2.24) is 14.8 Å². The third-order valence-electron chi connectivity index (χ3n) is 7.70. The Morgan fingerprint density at radius 2 is 1.77 bits per heavy atom. The maximum Gasteiger partial charge on any atom is 0.221 e. The number of nitrogens with zero attached hydrogens (tertiary/aromatic N) is 4. The number of benzene rings is 2. The smallest absolute Gasteiger partial charge is 0.221 e. The highest BCUT2D eigenvalue weighted by molar-refractivity contribution is 7.15. The van der Waals surface area contributed by atoms with Gasteiger partial charge in [-0.1, -0.05) is 49.7 Å². The van der Waals surface area contributed by atoms with Crippen LogP contribution in [0.2, 0.25) is 5.02 Å². The zero-order valence-electron chi connectivity index (χ0n) is 29.6. The molecule has 0 saturated carbocycles. The molecule has 260 valence electrons. The standard InChI is InChI=1S/C17H15ClN4S.C15H23NO3.C5H13N/c1-9-10(2)23-17-15(9)16(12-4-6-13(18)7-5-12)19-8-14-21-20-11(3)22(14)17;1-12(18)16-14-8-6-13(7-9-14)5-4-10-19-15(2,3)11-17;1-5(2)3-4-6/h4-7H,8H2,1-3H3;6-9,17H,4-5,10-11H2,1-3H3,(H,16,18);5H,3-4,6H2,1-2H3. The number of nitrogens with one attached hydrogen (secondary N) is 1. The van der Waals surface area contributed by atoms with Crippen LogP contribution in [0.1, 0.15) is 86.2 Å². The van der Waals surface area contributed by atoms with E-state index in [-0.39, 0.29) is 12.5 Å². The lowest BCUT2D eigenvalue weighted by Crippen LogP contribution is -2.29. The molecule has 0 bridgehead atoms. The van der Waals surface area contributed by atoms with E-state index in [2.05, 4.69) is 47.8 Å². The molecule has 0 saturated heterocycles. The first-order valence-electron chi connectivity index (χ1n) is 16.4. The molecule has 0 atom stereocenters. The summed E-state index contributed by atoms with van der Waals surface area (Å²) < 4.78 is 7.70. The summed E-state index contributed by atoms with van der Waals surface area (Å²) in [6.07, 6.45) is 2.98. The first-order chi connectivity index (χ1) is 22.8. The number of nitrogens with two attached hydrogens (primary N) is 1. The van der Waals surface area contributed by atoms with E-state index in [9.17, 15) is 4.79 Å². The summed E-state index contributed by atoms with van der Waals surface area (Å²) in [5.41, 5.74) is 11.3. The molecule has 1 aliphatic rings. The minimum atomic E-state index is -0.463. The Hall–Kier alpha value is -3.41. The first kappa shape index (κ1) is 39.0. The minimum absolute atomic E-state index is 0.0262. The van der Waals surface area contributed by atoms with Crippen LogP contribution in [0.25, 0.3) is 5.00 Å². The van der Waals surface area contributed by atoms with Gasteiger partial charge in [-0.15, -0.1) is 21.5 Å². The van der Waals surface area contributed by atoms with Gasteiger partial charge in [0.05, 0.1) is 17.9 Å². The molecule has 48 heavy (non-hydrogen) atoms. The number of thiophene rings is 1. The number of carbonyl (C=O) groups is 1. The van der Waals surface area contributed by atoms with Gasteiger partial charge in [0.25, 0.3) is 0 Å². The summed E-state index contributed by atoms with van der Waals surface area (Å²) in [5.74, 6) is 2.49. The lowest BCUT2D eigenvalue weighted by molar-refractivity contribution is -0.114. The van der Waals surface area contributed by atoms with Crippen LogP contribution in [0.4, 0.5) is 5.69 Å². The van der Waals surface area contributed by atoms with E-state index in [0.29, 0.717) is 13.2 Å². The highest BCUT2D eigenvalue weighted by atomic mass is 35.5. The lowest BCUT2D eigenvalue weighted by atomic mass is 10.00. The summed E-state index contributed by atoms with van der Waals surface area (Å²) in [4.78, 5) is 17.0. The highest BCUT2D eigenvalue weighted by Gasteiger charge is 2.26. The molecule has 0 unspecified atom stereocenters. The molecule has 2 aromatic heterocycles. The Balaban J connectivity index is 0.000000227. The number of fused-ring (bicyclic) bond motifs is 3. The summed E-state index contributed by atoms with van der Waals surface area (Å²) in [6.45, 7) is 17.9. The molecule has 0 spiro atoms. The second-order valence-electron chi connectivity index (χ2n) is 12.9. The van der Waals surface area contributed by atoms with Crippen molar-refractivity contribution in [3.8, 4) is 5.00 Å². The van der Waals surface area contributed by atoms with Crippen molar-refractivity contribution < 1.29 is 14.6 Å².